The summed E-state index contributed by atoms with van der Waals surface area (Å²) in [6.45, 7) is 6.04. The van der Waals surface area contributed by atoms with Crippen LogP contribution in [0.15, 0.2) is 41.4 Å². The summed E-state index contributed by atoms with van der Waals surface area (Å²) in [5.41, 5.74) is 4.35. The smallest absolute Gasteiger partial charge is 0.198 e. The molecule has 3 aromatic rings. The third-order valence-electron chi connectivity index (χ3n) is 4.86. The summed E-state index contributed by atoms with van der Waals surface area (Å²) in [5, 5.41) is 14.8. The van der Waals surface area contributed by atoms with Gasteiger partial charge < -0.3 is 24.9 Å². The van der Waals surface area contributed by atoms with Crippen LogP contribution in [0.5, 0.6) is 17.4 Å². The number of methoxy groups -OCH3 is 2. The molecule has 0 radical (unpaired) electrons. The molecule has 3 N–H and O–H groups in total. The lowest BCUT2D eigenvalue weighted by molar-refractivity contribution is 0.356. The minimum atomic E-state index is 0.0938. The molecule has 1 aromatic heterocycles. The van der Waals surface area contributed by atoms with E-state index in [0.29, 0.717) is 23.5 Å². The van der Waals surface area contributed by atoms with E-state index in [1.165, 1.54) is 5.56 Å². The maximum Gasteiger partial charge on any atom is 0.198 e. The molecule has 0 saturated heterocycles. The van der Waals surface area contributed by atoms with Crippen molar-refractivity contribution in [2.45, 2.75) is 33.2 Å². The third-order valence-corrected chi connectivity index (χ3v) is 4.86. The average molecular weight is 396 g/mol. The molecule has 0 saturated carbocycles. The Balaban J connectivity index is 1.97. The van der Waals surface area contributed by atoms with Gasteiger partial charge in [0.15, 0.2) is 17.4 Å². The van der Waals surface area contributed by atoms with Gasteiger partial charge in [0.2, 0.25) is 0 Å². The van der Waals surface area contributed by atoms with Crippen molar-refractivity contribution in [3.05, 3.63) is 47.5 Å². The van der Waals surface area contributed by atoms with E-state index in [1.54, 1.807) is 14.2 Å². The molecule has 0 amide bonds. The van der Waals surface area contributed by atoms with Gasteiger partial charge in [-0.2, -0.15) is 0 Å². The average Bonchev–Trinajstić information content (AvgIpc) is 3.06. The molecule has 0 aliphatic carbocycles. The van der Waals surface area contributed by atoms with Crippen molar-refractivity contribution < 1.29 is 14.6 Å². The maximum absolute atomic E-state index is 10.6. The van der Waals surface area contributed by atoms with Crippen LogP contribution in [0.4, 0.5) is 5.69 Å². The van der Waals surface area contributed by atoms with Gasteiger partial charge in [-0.1, -0.05) is 26.0 Å². The summed E-state index contributed by atoms with van der Waals surface area (Å²) in [4.78, 5) is 7.83. The predicted octanol–water partition coefficient (Wildman–Crippen LogP) is 4.92. The fourth-order valence-electron chi connectivity index (χ4n) is 3.36. The Hall–Kier alpha value is -2.99. The fraction of sp³-hybridized carbons (Fsp3) is 0.348. The van der Waals surface area contributed by atoms with Gasteiger partial charge in [-0.3, -0.25) is 4.99 Å². The number of rotatable bonds is 9. The van der Waals surface area contributed by atoms with Crippen LogP contribution in [0.3, 0.4) is 0 Å². The zero-order valence-electron chi connectivity index (χ0n) is 17.5. The normalized spacial score (nSPS) is 11.8. The van der Waals surface area contributed by atoms with Gasteiger partial charge >= 0.3 is 0 Å². The fourth-order valence-corrected chi connectivity index (χ4v) is 3.36. The Morgan fingerprint density at radius 2 is 1.76 bits per heavy atom. The highest BCUT2D eigenvalue weighted by Gasteiger charge is 2.18. The Kier molecular flexibility index (Phi) is 6.77. The van der Waals surface area contributed by atoms with Crippen molar-refractivity contribution in [2.75, 3.05) is 20.8 Å². The van der Waals surface area contributed by atoms with Crippen molar-refractivity contribution >= 4 is 22.3 Å². The van der Waals surface area contributed by atoms with E-state index in [-0.39, 0.29) is 5.88 Å². The molecule has 3 rings (SSSR count). The first-order valence-electron chi connectivity index (χ1n) is 9.95. The highest BCUT2D eigenvalue weighted by atomic mass is 16.5. The second-order valence-electron chi connectivity index (χ2n) is 6.86. The molecule has 1 heterocycles. The first-order chi connectivity index (χ1) is 14.1. The molecule has 0 unspecified atom stereocenters. The predicted molar refractivity (Wildman–Crippen MR) is 118 cm³/mol. The van der Waals surface area contributed by atoms with Crippen molar-refractivity contribution in [1.82, 2.24) is 10.3 Å². The van der Waals surface area contributed by atoms with E-state index in [2.05, 4.69) is 29.4 Å². The molecule has 6 heteroatoms. The van der Waals surface area contributed by atoms with Crippen molar-refractivity contribution in [3.63, 3.8) is 0 Å². The maximum atomic E-state index is 10.6. The van der Waals surface area contributed by atoms with Crippen molar-refractivity contribution in [3.8, 4) is 17.4 Å². The highest BCUT2D eigenvalue weighted by molar-refractivity contribution is 6.14. The summed E-state index contributed by atoms with van der Waals surface area (Å²) in [7, 11) is 3.19. The first-order valence-corrected chi connectivity index (χ1v) is 9.95. The number of aromatic nitrogens is 1. The van der Waals surface area contributed by atoms with Crippen LogP contribution in [-0.4, -0.2) is 36.6 Å². The molecule has 0 spiro atoms. The number of nitrogens with one attached hydrogen (secondary N) is 2. The number of aromatic amines is 1. The van der Waals surface area contributed by atoms with Crippen LogP contribution < -0.4 is 14.8 Å². The standard InChI is InChI=1S/C23H29N3O3/c1-5-11-24-14-15-7-9-16(10-8-15)25-18(6-2)22-17-12-20(28-3)21(29-4)13-19(17)26-23(22)27/h7-10,12-13,24,26-27H,5-6,11,14H2,1-4H3. The molecule has 0 aliphatic heterocycles. The minimum absolute atomic E-state index is 0.0938. The van der Waals surface area contributed by atoms with E-state index in [0.717, 1.165) is 41.8 Å². The van der Waals surface area contributed by atoms with E-state index in [1.807, 2.05) is 31.2 Å². The molecule has 0 bridgehead atoms. The minimum Gasteiger partial charge on any atom is -0.494 e. The number of aliphatic imine (C=N–C) groups is 1. The summed E-state index contributed by atoms with van der Waals surface area (Å²) in [5.74, 6) is 1.31. The second-order valence-corrected chi connectivity index (χ2v) is 6.86. The van der Waals surface area contributed by atoms with E-state index in [9.17, 15) is 5.11 Å². The van der Waals surface area contributed by atoms with Crippen molar-refractivity contribution in [1.29, 1.82) is 0 Å². The highest BCUT2D eigenvalue weighted by Crippen LogP contribution is 2.37. The summed E-state index contributed by atoms with van der Waals surface area (Å²) in [6, 6.07) is 11.9. The summed E-state index contributed by atoms with van der Waals surface area (Å²) < 4.78 is 10.8. The van der Waals surface area contributed by atoms with Crippen LogP contribution >= 0.6 is 0 Å². The molecule has 0 fully saturated rings. The molecule has 29 heavy (non-hydrogen) atoms. The van der Waals surface area contributed by atoms with Gasteiger partial charge in [0, 0.05) is 18.0 Å². The first kappa shape index (κ1) is 20.7. The number of hydrogen-bond donors (Lipinski definition) is 3. The molecular weight excluding hydrogens is 366 g/mol. The number of aromatic hydroxyl groups is 1. The van der Waals surface area contributed by atoms with Crippen LogP contribution in [0.2, 0.25) is 0 Å². The number of nitrogens with zero attached hydrogens (tertiary/aromatic N) is 1. The van der Waals surface area contributed by atoms with Gasteiger partial charge in [-0.25, -0.2) is 0 Å². The number of fused-ring (bicyclic) bond motifs is 1. The van der Waals surface area contributed by atoms with Gasteiger partial charge in [-0.15, -0.1) is 0 Å². The van der Waals surface area contributed by atoms with Gasteiger partial charge in [0.25, 0.3) is 0 Å². The number of benzene rings is 2. The zero-order chi connectivity index (χ0) is 20.8. The number of ether oxygens (including phenoxy) is 2. The van der Waals surface area contributed by atoms with Gasteiger partial charge in [0.05, 0.1) is 36.7 Å². The zero-order valence-corrected chi connectivity index (χ0v) is 17.5. The lowest BCUT2D eigenvalue weighted by Gasteiger charge is -2.09. The molecule has 154 valence electrons. The summed E-state index contributed by atoms with van der Waals surface area (Å²) >= 11 is 0. The van der Waals surface area contributed by atoms with E-state index in [4.69, 9.17) is 14.5 Å². The molecular formula is C23H29N3O3. The lowest BCUT2D eigenvalue weighted by atomic mass is 10.1. The van der Waals surface area contributed by atoms with E-state index >= 15 is 0 Å². The Morgan fingerprint density at radius 1 is 1.07 bits per heavy atom. The molecule has 0 aliphatic rings. The Morgan fingerprint density at radius 3 is 2.38 bits per heavy atom. The second kappa shape index (κ2) is 9.47. The SMILES string of the molecule is CCCNCc1ccc(N=C(CC)c2c(O)[nH]c3cc(OC)c(OC)cc23)cc1. The molecule has 6 nitrogen and oxygen atoms in total. The Labute approximate surface area is 171 Å². The topological polar surface area (TPSA) is 78.9 Å². The Bertz CT molecular complexity index is 991. The van der Waals surface area contributed by atoms with Crippen LogP contribution in [0.1, 0.15) is 37.8 Å². The van der Waals surface area contributed by atoms with Gasteiger partial charge in [0.1, 0.15) is 0 Å². The van der Waals surface area contributed by atoms with E-state index < -0.39 is 0 Å². The van der Waals surface area contributed by atoms with Crippen molar-refractivity contribution in [2.24, 2.45) is 4.99 Å². The molecule has 0 atom stereocenters. The third kappa shape index (κ3) is 4.54. The van der Waals surface area contributed by atoms with Crippen LogP contribution in [0.25, 0.3) is 10.9 Å². The van der Waals surface area contributed by atoms with Gasteiger partial charge in [-0.05, 0) is 43.1 Å². The quantitative estimate of drug-likeness (QED) is 0.355. The molecule has 2 aromatic carbocycles. The monoisotopic (exact) mass is 395 g/mol. The van der Waals surface area contributed by atoms with Crippen LogP contribution in [-0.2, 0) is 6.54 Å². The largest absolute Gasteiger partial charge is 0.494 e. The van der Waals surface area contributed by atoms with Crippen LogP contribution in [0, 0.1) is 0 Å². The number of hydrogen-bond acceptors (Lipinski definition) is 5. The summed E-state index contributed by atoms with van der Waals surface area (Å²) in [6.07, 6.45) is 1.79. The number of H-pyrrole nitrogens is 1. The lowest BCUT2D eigenvalue weighted by Crippen LogP contribution is -2.13.